The Hall–Kier alpha value is -1.94. The van der Waals surface area contributed by atoms with Gasteiger partial charge < -0.3 is 9.84 Å². The summed E-state index contributed by atoms with van der Waals surface area (Å²) in [6, 6.07) is 8.90. The molecule has 2 aromatic heterocycles. The lowest BCUT2D eigenvalue weighted by Crippen LogP contribution is -1.94. The number of hydrogen-bond donors (Lipinski definition) is 1. The van der Waals surface area contributed by atoms with Gasteiger partial charge in [0.15, 0.2) is 5.75 Å². The van der Waals surface area contributed by atoms with E-state index in [1.165, 1.54) is 0 Å². The van der Waals surface area contributed by atoms with E-state index in [1.807, 2.05) is 13.0 Å². The number of nitrogens with zero attached hydrogens (tertiary/aromatic N) is 2. The quantitative estimate of drug-likeness (QED) is 0.853. The van der Waals surface area contributed by atoms with Gasteiger partial charge in [0.2, 0.25) is 5.88 Å². The Morgan fingerprint density at radius 2 is 2.12 bits per heavy atom. The zero-order valence-electron chi connectivity index (χ0n) is 8.92. The summed E-state index contributed by atoms with van der Waals surface area (Å²) in [4.78, 5) is 8.24. The fourth-order valence-corrected chi connectivity index (χ4v) is 1.29. The standard InChI is InChI=1S/C12H12N2O2/c1-9-11(5-3-7-13-9)16-12-6-2-4-10(8-15)14-12/h2-7,15H,8H2,1H3. The molecule has 0 amide bonds. The molecule has 0 bridgehead atoms. The van der Waals surface area contributed by atoms with Crippen molar-refractivity contribution in [2.45, 2.75) is 13.5 Å². The topological polar surface area (TPSA) is 55.2 Å². The number of hydrogen-bond acceptors (Lipinski definition) is 4. The molecule has 0 saturated carbocycles. The second-order valence-corrected chi connectivity index (χ2v) is 3.31. The molecule has 4 nitrogen and oxygen atoms in total. The first-order valence-electron chi connectivity index (χ1n) is 4.96. The molecule has 0 fully saturated rings. The highest BCUT2D eigenvalue weighted by atomic mass is 16.5. The Bertz CT molecular complexity index is 486. The van der Waals surface area contributed by atoms with Crippen LogP contribution in [-0.2, 0) is 6.61 Å². The highest BCUT2D eigenvalue weighted by molar-refractivity contribution is 5.30. The van der Waals surface area contributed by atoms with Gasteiger partial charge in [-0.15, -0.1) is 0 Å². The third-order valence-corrected chi connectivity index (χ3v) is 2.12. The number of ether oxygens (including phenoxy) is 1. The number of aryl methyl sites for hydroxylation is 1. The van der Waals surface area contributed by atoms with E-state index in [0.717, 1.165) is 5.69 Å². The molecule has 0 aromatic carbocycles. The number of pyridine rings is 2. The van der Waals surface area contributed by atoms with E-state index >= 15 is 0 Å². The predicted molar refractivity (Wildman–Crippen MR) is 59.2 cm³/mol. The van der Waals surface area contributed by atoms with Crippen LogP contribution in [0.15, 0.2) is 36.5 Å². The summed E-state index contributed by atoms with van der Waals surface area (Å²) in [6.07, 6.45) is 1.71. The minimum absolute atomic E-state index is 0.0940. The maximum atomic E-state index is 8.95. The lowest BCUT2D eigenvalue weighted by atomic mass is 10.3. The average Bonchev–Trinajstić information content (AvgIpc) is 2.32. The van der Waals surface area contributed by atoms with Gasteiger partial charge in [0, 0.05) is 12.3 Å². The molecule has 0 radical (unpaired) electrons. The first kappa shape index (κ1) is 10.6. The highest BCUT2D eigenvalue weighted by Gasteiger charge is 2.02. The fraction of sp³-hybridized carbons (Fsp3) is 0.167. The van der Waals surface area contributed by atoms with Gasteiger partial charge in [0.25, 0.3) is 0 Å². The van der Waals surface area contributed by atoms with Crippen LogP contribution in [0.5, 0.6) is 11.6 Å². The van der Waals surface area contributed by atoms with E-state index in [4.69, 9.17) is 9.84 Å². The van der Waals surface area contributed by atoms with E-state index in [2.05, 4.69) is 9.97 Å². The first-order valence-corrected chi connectivity index (χ1v) is 4.96. The van der Waals surface area contributed by atoms with Crippen molar-refractivity contribution in [1.82, 2.24) is 9.97 Å². The molecule has 0 aliphatic heterocycles. The Balaban J connectivity index is 2.24. The normalized spacial score (nSPS) is 10.1. The van der Waals surface area contributed by atoms with E-state index in [1.54, 1.807) is 30.5 Å². The molecular formula is C12H12N2O2. The van der Waals surface area contributed by atoms with Gasteiger partial charge in [-0.3, -0.25) is 4.98 Å². The summed E-state index contributed by atoms with van der Waals surface area (Å²) in [5.74, 6) is 1.13. The molecule has 0 atom stereocenters. The molecule has 0 aliphatic rings. The van der Waals surface area contributed by atoms with Gasteiger partial charge in [0.05, 0.1) is 18.0 Å². The Labute approximate surface area is 93.6 Å². The van der Waals surface area contributed by atoms with Crippen LogP contribution in [0, 0.1) is 6.92 Å². The molecule has 4 heteroatoms. The van der Waals surface area contributed by atoms with E-state index in [-0.39, 0.29) is 6.61 Å². The van der Waals surface area contributed by atoms with Crippen LogP contribution in [0.1, 0.15) is 11.4 Å². The van der Waals surface area contributed by atoms with Gasteiger partial charge >= 0.3 is 0 Å². The summed E-state index contributed by atoms with van der Waals surface area (Å²) in [5, 5.41) is 8.95. The summed E-state index contributed by atoms with van der Waals surface area (Å²) in [5.41, 5.74) is 1.39. The van der Waals surface area contributed by atoms with Crippen molar-refractivity contribution in [3.8, 4) is 11.6 Å². The van der Waals surface area contributed by atoms with Gasteiger partial charge in [0.1, 0.15) is 0 Å². The van der Waals surface area contributed by atoms with Crippen molar-refractivity contribution in [3.63, 3.8) is 0 Å². The van der Waals surface area contributed by atoms with Gasteiger partial charge in [-0.2, -0.15) is 0 Å². The number of aromatic nitrogens is 2. The van der Waals surface area contributed by atoms with Crippen molar-refractivity contribution in [2.24, 2.45) is 0 Å². The minimum Gasteiger partial charge on any atom is -0.437 e. The smallest absolute Gasteiger partial charge is 0.219 e. The molecule has 0 aliphatic carbocycles. The molecule has 2 heterocycles. The lowest BCUT2D eigenvalue weighted by Gasteiger charge is -2.07. The van der Waals surface area contributed by atoms with Crippen molar-refractivity contribution >= 4 is 0 Å². The van der Waals surface area contributed by atoms with Crippen molar-refractivity contribution < 1.29 is 9.84 Å². The molecule has 1 N–H and O–H groups in total. The van der Waals surface area contributed by atoms with Crippen molar-refractivity contribution in [3.05, 3.63) is 47.9 Å². The summed E-state index contributed by atoms with van der Waals surface area (Å²) in [7, 11) is 0. The van der Waals surface area contributed by atoms with Crippen molar-refractivity contribution in [2.75, 3.05) is 0 Å². The third-order valence-electron chi connectivity index (χ3n) is 2.12. The van der Waals surface area contributed by atoms with Crippen LogP contribution in [0.25, 0.3) is 0 Å². The SMILES string of the molecule is Cc1ncccc1Oc1cccc(CO)n1. The third kappa shape index (κ3) is 2.35. The Morgan fingerprint density at radius 1 is 1.25 bits per heavy atom. The molecule has 0 unspecified atom stereocenters. The second kappa shape index (κ2) is 4.72. The Kier molecular flexibility index (Phi) is 3.12. The van der Waals surface area contributed by atoms with Crippen LogP contribution in [0.4, 0.5) is 0 Å². The van der Waals surface area contributed by atoms with Crippen LogP contribution in [0.3, 0.4) is 0 Å². The van der Waals surface area contributed by atoms with E-state index in [0.29, 0.717) is 17.3 Å². The largest absolute Gasteiger partial charge is 0.437 e. The number of rotatable bonds is 3. The van der Waals surface area contributed by atoms with Gasteiger partial charge in [-0.1, -0.05) is 6.07 Å². The van der Waals surface area contributed by atoms with Gasteiger partial charge in [-0.25, -0.2) is 4.98 Å². The molecule has 16 heavy (non-hydrogen) atoms. The molecule has 0 saturated heterocycles. The Morgan fingerprint density at radius 3 is 2.88 bits per heavy atom. The minimum atomic E-state index is -0.0940. The summed E-state index contributed by atoms with van der Waals surface area (Å²) < 4.78 is 5.57. The lowest BCUT2D eigenvalue weighted by molar-refractivity contribution is 0.275. The van der Waals surface area contributed by atoms with Crippen molar-refractivity contribution in [1.29, 1.82) is 0 Å². The molecule has 2 rings (SSSR count). The van der Waals surface area contributed by atoms with Crippen LogP contribution in [0.2, 0.25) is 0 Å². The number of aliphatic hydroxyl groups excluding tert-OH is 1. The van der Waals surface area contributed by atoms with E-state index in [9.17, 15) is 0 Å². The zero-order chi connectivity index (χ0) is 11.4. The predicted octanol–water partition coefficient (Wildman–Crippen LogP) is 2.07. The molecule has 2 aromatic rings. The van der Waals surface area contributed by atoms with E-state index < -0.39 is 0 Å². The second-order valence-electron chi connectivity index (χ2n) is 3.31. The monoisotopic (exact) mass is 216 g/mol. The maximum Gasteiger partial charge on any atom is 0.219 e. The molecular weight excluding hydrogens is 204 g/mol. The molecule has 0 spiro atoms. The summed E-state index contributed by atoms with van der Waals surface area (Å²) in [6.45, 7) is 1.77. The van der Waals surface area contributed by atoms with Crippen LogP contribution in [-0.4, -0.2) is 15.1 Å². The van der Waals surface area contributed by atoms with Crippen LogP contribution < -0.4 is 4.74 Å². The first-order chi connectivity index (χ1) is 7.79. The maximum absolute atomic E-state index is 8.95. The fourth-order valence-electron chi connectivity index (χ4n) is 1.29. The van der Waals surface area contributed by atoms with Gasteiger partial charge in [-0.05, 0) is 25.1 Å². The zero-order valence-corrected chi connectivity index (χ0v) is 8.92. The van der Waals surface area contributed by atoms with Crippen LogP contribution >= 0.6 is 0 Å². The average molecular weight is 216 g/mol. The number of aliphatic hydroxyl groups is 1. The molecule has 82 valence electrons. The summed E-state index contributed by atoms with van der Waals surface area (Å²) >= 11 is 0. The highest BCUT2D eigenvalue weighted by Crippen LogP contribution is 2.21.